The Morgan fingerprint density at radius 2 is 1.57 bits per heavy atom. The lowest BCUT2D eigenvalue weighted by molar-refractivity contribution is -0.138. The lowest BCUT2D eigenvalue weighted by atomic mass is 9.93. The van der Waals surface area contributed by atoms with E-state index in [0.29, 0.717) is 18.2 Å². The van der Waals surface area contributed by atoms with Crippen LogP contribution < -0.4 is 10.9 Å². The highest BCUT2D eigenvalue weighted by molar-refractivity contribution is 5.76. The molecule has 1 N–H and O–H groups in total. The lowest BCUT2D eigenvalue weighted by Gasteiger charge is -2.24. The van der Waals surface area contributed by atoms with Crippen molar-refractivity contribution in [2.45, 2.75) is 52.4 Å². The van der Waals surface area contributed by atoms with Crippen LogP contribution in [-0.2, 0) is 17.5 Å². The van der Waals surface area contributed by atoms with E-state index in [0.717, 1.165) is 16.2 Å². The van der Waals surface area contributed by atoms with Crippen molar-refractivity contribution in [2.75, 3.05) is 0 Å². The average molecular weight is 394 g/mol. The molecule has 1 aromatic heterocycles. The van der Waals surface area contributed by atoms with Crippen LogP contribution in [0.15, 0.2) is 47.4 Å². The Balaban J connectivity index is 2.18. The minimum atomic E-state index is -4.58. The van der Waals surface area contributed by atoms with Crippen LogP contribution >= 0.6 is 0 Å². The fourth-order valence-corrected chi connectivity index (χ4v) is 2.92. The van der Waals surface area contributed by atoms with E-state index in [9.17, 15) is 22.8 Å². The Morgan fingerprint density at radius 1 is 1.00 bits per heavy atom. The molecule has 1 aromatic carbocycles. The van der Waals surface area contributed by atoms with Crippen molar-refractivity contribution in [3.8, 4) is 0 Å². The van der Waals surface area contributed by atoms with Gasteiger partial charge in [0.15, 0.2) is 0 Å². The molecule has 0 radical (unpaired) electrons. The molecule has 0 aliphatic heterocycles. The molecule has 0 unspecified atom stereocenters. The quantitative estimate of drug-likeness (QED) is 0.784. The molecular formula is C21H25F3N2O2. The fraction of sp³-hybridized carbons (Fsp3) is 0.429. The Kier molecular flexibility index (Phi) is 6.69. The summed E-state index contributed by atoms with van der Waals surface area (Å²) in [6.07, 6.45) is -3.91. The highest BCUT2D eigenvalue weighted by Gasteiger charge is 2.31. The highest BCUT2D eigenvalue weighted by Crippen LogP contribution is 2.28. The van der Waals surface area contributed by atoms with Crippen molar-refractivity contribution < 1.29 is 18.0 Å². The number of pyridine rings is 1. The maximum absolute atomic E-state index is 12.8. The third-order valence-electron chi connectivity index (χ3n) is 4.57. The van der Waals surface area contributed by atoms with Gasteiger partial charge in [-0.15, -0.1) is 0 Å². The van der Waals surface area contributed by atoms with Crippen LogP contribution in [0.3, 0.4) is 0 Å². The van der Waals surface area contributed by atoms with Gasteiger partial charge in [-0.3, -0.25) is 9.59 Å². The zero-order valence-electron chi connectivity index (χ0n) is 16.4. The number of nitrogens with zero attached hydrogens (tertiary/aromatic N) is 1. The molecule has 0 saturated heterocycles. The Morgan fingerprint density at radius 3 is 2.07 bits per heavy atom. The number of halogens is 3. The minimum Gasteiger partial charge on any atom is -0.347 e. The van der Waals surface area contributed by atoms with E-state index in [1.807, 2.05) is 38.1 Å². The molecule has 0 saturated carbocycles. The van der Waals surface area contributed by atoms with Gasteiger partial charge in [0.2, 0.25) is 5.91 Å². The van der Waals surface area contributed by atoms with Crippen molar-refractivity contribution >= 4 is 5.91 Å². The summed E-state index contributed by atoms with van der Waals surface area (Å²) in [4.78, 5) is 24.3. The number of amides is 1. The van der Waals surface area contributed by atoms with Gasteiger partial charge in [0.1, 0.15) is 6.54 Å². The smallest absolute Gasteiger partial charge is 0.347 e. The largest absolute Gasteiger partial charge is 0.417 e. The second kappa shape index (κ2) is 8.63. The third-order valence-corrected chi connectivity index (χ3v) is 4.57. The standard InChI is InChI=1S/C21H25F3N2O2/c1-13(2)15-5-7-16(8-6-15)20(14(3)4)25-18(27)12-26-11-17(21(22,23)24)9-10-19(26)28/h5-11,13-14,20H,12H2,1-4H3,(H,25,27)/t20-/m0/s1. The molecule has 7 heteroatoms. The van der Waals surface area contributed by atoms with E-state index < -0.39 is 29.8 Å². The third kappa shape index (κ3) is 5.47. The summed E-state index contributed by atoms with van der Waals surface area (Å²) in [5, 5.41) is 2.84. The molecule has 0 bridgehead atoms. The molecule has 4 nitrogen and oxygen atoms in total. The maximum Gasteiger partial charge on any atom is 0.417 e. The molecule has 1 amide bonds. The molecule has 0 aliphatic carbocycles. The number of carbonyl (C=O) groups is 1. The summed E-state index contributed by atoms with van der Waals surface area (Å²) in [6, 6.07) is 9.10. The summed E-state index contributed by atoms with van der Waals surface area (Å²) in [5.41, 5.74) is 0.451. The van der Waals surface area contributed by atoms with Gasteiger partial charge in [0, 0.05) is 12.3 Å². The summed E-state index contributed by atoms with van der Waals surface area (Å²) >= 11 is 0. The van der Waals surface area contributed by atoms with E-state index in [-0.39, 0.29) is 12.0 Å². The maximum atomic E-state index is 12.8. The van der Waals surface area contributed by atoms with Gasteiger partial charge in [-0.2, -0.15) is 13.2 Å². The summed E-state index contributed by atoms with van der Waals surface area (Å²) < 4.78 is 39.3. The van der Waals surface area contributed by atoms with E-state index in [1.54, 1.807) is 0 Å². The average Bonchev–Trinajstić information content (AvgIpc) is 2.60. The van der Waals surface area contributed by atoms with E-state index in [1.165, 1.54) is 5.56 Å². The molecule has 1 heterocycles. The van der Waals surface area contributed by atoms with E-state index in [4.69, 9.17) is 0 Å². The molecule has 28 heavy (non-hydrogen) atoms. The first-order chi connectivity index (χ1) is 13.0. The molecule has 2 rings (SSSR count). The fourth-order valence-electron chi connectivity index (χ4n) is 2.92. The minimum absolute atomic E-state index is 0.0621. The van der Waals surface area contributed by atoms with Crippen molar-refractivity contribution in [1.29, 1.82) is 0 Å². The van der Waals surface area contributed by atoms with Gasteiger partial charge in [-0.25, -0.2) is 0 Å². The Hall–Kier alpha value is -2.57. The Bertz CT molecular complexity index is 868. The van der Waals surface area contributed by atoms with Crippen molar-refractivity contribution in [2.24, 2.45) is 5.92 Å². The first-order valence-corrected chi connectivity index (χ1v) is 9.16. The topological polar surface area (TPSA) is 51.1 Å². The molecule has 0 aliphatic rings. The van der Waals surface area contributed by atoms with Crippen molar-refractivity contribution in [3.05, 3.63) is 69.6 Å². The van der Waals surface area contributed by atoms with Crippen LogP contribution in [0.5, 0.6) is 0 Å². The van der Waals surface area contributed by atoms with Crippen LogP contribution in [0, 0.1) is 5.92 Å². The van der Waals surface area contributed by atoms with Crippen LogP contribution in [-0.4, -0.2) is 10.5 Å². The van der Waals surface area contributed by atoms with Crippen molar-refractivity contribution in [1.82, 2.24) is 9.88 Å². The second-order valence-corrected chi connectivity index (χ2v) is 7.49. The zero-order chi connectivity index (χ0) is 21.1. The SMILES string of the molecule is CC(C)c1ccc([C@@H](NC(=O)Cn2cc(C(F)(F)F)ccc2=O)C(C)C)cc1. The Labute approximate surface area is 162 Å². The normalized spacial score (nSPS) is 13.0. The van der Waals surface area contributed by atoms with E-state index in [2.05, 4.69) is 19.2 Å². The van der Waals surface area contributed by atoms with Gasteiger partial charge in [0.05, 0.1) is 11.6 Å². The molecule has 0 spiro atoms. The van der Waals surface area contributed by atoms with Gasteiger partial charge < -0.3 is 9.88 Å². The monoisotopic (exact) mass is 394 g/mol. The molecule has 0 fully saturated rings. The van der Waals surface area contributed by atoms with E-state index >= 15 is 0 Å². The van der Waals surface area contributed by atoms with Crippen LogP contribution in [0.4, 0.5) is 13.2 Å². The van der Waals surface area contributed by atoms with Crippen LogP contribution in [0.2, 0.25) is 0 Å². The van der Waals surface area contributed by atoms with Gasteiger partial charge in [-0.05, 0) is 29.0 Å². The summed E-state index contributed by atoms with van der Waals surface area (Å²) in [6.45, 7) is 7.58. The number of benzene rings is 1. The number of aromatic nitrogens is 1. The molecule has 152 valence electrons. The van der Waals surface area contributed by atoms with Gasteiger partial charge in [-0.1, -0.05) is 52.0 Å². The summed E-state index contributed by atoms with van der Waals surface area (Å²) in [5.74, 6) is -0.0749. The lowest BCUT2D eigenvalue weighted by Crippen LogP contribution is -2.36. The van der Waals surface area contributed by atoms with Gasteiger partial charge in [0.25, 0.3) is 5.56 Å². The number of alkyl halides is 3. The van der Waals surface area contributed by atoms with Crippen molar-refractivity contribution in [3.63, 3.8) is 0 Å². The zero-order valence-corrected chi connectivity index (χ0v) is 16.4. The predicted molar refractivity (Wildman–Crippen MR) is 102 cm³/mol. The molecule has 1 atom stereocenters. The van der Waals surface area contributed by atoms with Gasteiger partial charge >= 0.3 is 6.18 Å². The number of rotatable bonds is 6. The van der Waals surface area contributed by atoms with Crippen LogP contribution in [0.1, 0.15) is 56.3 Å². The second-order valence-electron chi connectivity index (χ2n) is 7.49. The number of hydrogen-bond donors (Lipinski definition) is 1. The number of hydrogen-bond acceptors (Lipinski definition) is 2. The number of nitrogens with one attached hydrogen (secondary N) is 1. The molecule has 2 aromatic rings. The number of carbonyl (C=O) groups excluding carboxylic acids is 1. The molecular weight excluding hydrogens is 369 g/mol. The first kappa shape index (κ1) is 21.7. The predicted octanol–water partition coefficient (Wildman–Crippen LogP) is 4.50. The van der Waals surface area contributed by atoms with Crippen LogP contribution in [0.25, 0.3) is 0 Å². The highest BCUT2D eigenvalue weighted by atomic mass is 19.4. The summed E-state index contributed by atoms with van der Waals surface area (Å²) in [7, 11) is 0. The first-order valence-electron chi connectivity index (χ1n) is 9.16.